The third kappa shape index (κ3) is 4.67. The van der Waals surface area contributed by atoms with Crippen molar-refractivity contribution in [1.29, 1.82) is 0 Å². The van der Waals surface area contributed by atoms with E-state index >= 15 is 0 Å². The van der Waals surface area contributed by atoms with Gasteiger partial charge in [-0.3, -0.25) is 0 Å². The molecule has 0 heterocycles. The Balaban J connectivity index is 2.68. The third-order valence-electron chi connectivity index (χ3n) is 2.26. The van der Waals surface area contributed by atoms with Gasteiger partial charge in [0.25, 0.3) is 0 Å². The second-order valence-corrected chi connectivity index (χ2v) is 6.49. The maximum atomic E-state index is 11.9. The van der Waals surface area contributed by atoms with Crippen molar-refractivity contribution < 1.29 is 8.42 Å². The molecule has 0 spiro atoms. The predicted octanol–water partition coefficient (Wildman–Crippen LogP) is 1.42. The lowest BCUT2D eigenvalue weighted by Gasteiger charge is -2.08. The van der Waals surface area contributed by atoms with E-state index in [-0.39, 0.29) is 6.04 Å². The van der Waals surface area contributed by atoms with Crippen molar-refractivity contribution in [3.8, 4) is 0 Å². The molecule has 96 valence electrons. The Bertz CT molecular complexity index is 441. The van der Waals surface area contributed by atoms with Crippen LogP contribution in [0.3, 0.4) is 0 Å². The van der Waals surface area contributed by atoms with Crippen molar-refractivity contribution in [1.82, 2.24) is 4.72 Å². The average molecular weight is 274 g/mol. The first-order valence-electron chi connectivity index (χ1n) is 5.35. The van der Waals surface area contributed by atoms with Crippen molar-refractivity contribution in [2.24, 2.45) is 5.73 Å². The molecule has 0 unspecified atom stereocenters. The molecular formula is C11H18N2O2S2. The van der Waals surface area contributed by atoms with Crippen LogP contribution < -0.4 is 10.5 Å². The van der Waals surface area contributed by atoms with Gasteiger partial charge < -0.3 is 5.73 Å². The average Bonchev–Trinajstić information content (AvgIpc) is 2.28. The van der Waals surface area contributed by atoms with E-state index in [1.165, 1.54) is 0 Å². The Labute approximate surface area is 107 Å². The molecule has 1 rings (SSSR count). The highest BCUT2D eigenvalue weighted by Crippen LogP contribution is 2.17. The lowest BCUT2D eigenvalue weighted by Crippen LogP contribution is -2.29. The van der Waals surface area contributed by atoms with E-state index < -0.39 is 10.0 Å². The summed E-state index contributed by atoms with van der Waals surface area (Å²) in [6, 6.07) is 6.81. The molecule has 3 N–H and O–H groups in total. The molecule has 0 amide bonds. The molecule has 0 aliphatic carbocycles. The standard InChI is InChI=1S/C11H18N2O2S2/c1-9(12)7-8-13-17(14,15)11-5-3-10(16-2)4-6-11/h3-6,9,13H,7-8,12H2,1-2H3/t9-/m1/s1. The number of hydrogen-bond donors (Lipinski definition) is 2. The fraction of sp³-hybridized carbons (Fsp3) is 0.455. The summed E-state index contributed by atoms with van der Waals surface area (Å²) < 4.78 is 26.2. The number of hydrogen-bond acceptors (Lipinski definition) is 4. The zero-order valence-corrected chi connectivity index (χ0v) is 11.6. The number of sulfonamides is 1. The minimum atomic E-state index is -3.40. The molecule has 1 atom stereocenters. The zero-order chi connectivity index (χ0) is 12.9. The zero-order valence-electron chi connectivity index (χ0n) is 10.0. The molecule has 1 aromatic carbocycles. The Kier molecular flexibility index (Phi) is 5.45. The summed E-state index contributed by atoms with van der Waals surface area (Å²) in [5.74, 6) is 0. The summed E-state index contributed by atoms with van der Waals surface area (Å²) in [6.07, 6.45) is 2.58. The maximum absolute atomic E-state index is 11.9. The molecule has 0 aliphatic rings. The highest BCUT2D eigenvalue weighted by molar-refractivity contribution is 7.98. The van der Waals surface area contributed by atoms with Gasteiger partial charge in [-0.2, -0.15) is 0 Å². The van der Waals surface area contributed by atoms with E-state index in [0.29, 0.717) is 17.9 Å². The van der Waals surface area contributed by atoms with Crippen LogP contribution in [0.4, 0.5) is 0 Å². The monoisotopic (exact) mass is 274 g/mol. The molecule has 6 heteroatoms. The van der Waals surface area contributed by atoms with E-state index in [2.05, 4.69) is 4.72 Å². The number of nitrogens with two attached hydrogens (primary N) is 1. The van der Waals surface area contributed by atoms with Crippen LogP contribution in [0.1, 0.15) is 13.3 Å². The van der Waals surface area contributed by atoms with Crippen LogP contribution >= 0.6 is 11.8 Å². The second-order valence-electron chi connectivity index (χ2n) is 3.84. The minimum Gasteiger partial charge on any atom is -0.328 e. The highest BCUT2D eigenvalue weighted by Gasteiger charge is 2.13. The van der Waals surface area contributed by atoms with Crippen LogP contribution in [-0.4, -0.2) is 27.3 Å². The van der Waals surface area contributed by atoms with Gasteiger partial charge in [0.1, 0.15) is 0 Å². The number of thioether (sulfide) groups is 1. The van der Waals surface area contributed by atoms with Gasteiger partial charge in [-0.25, -0.2) is 13.1 Å². The van der Waals surface area contributed by atoms with Gasteiger partial charge in [-0.05, 0) is 43.9 Å². The van der Waals surface area contributed by atoms with Gasteiger partial charge in [-0.15, -0.1) is 11.8 Å². The van der Waals surface area contributed by atoms with Crippen LogP contribution in [0.2, 0.25) is 0 Å². The van der Waals surface area contributed by atoms with Crippen molar-refractivity contribution in [3.63, 3.8) is 0 Å². The van der Waals surface area contributed by atoms with Gasteiger partial charge >= 0.3 is 0 Å². The van der Waals surface area contributed by atoms with Crippen LogP contribution in [0.25, 0.3) is 0 Å². The number of benzene rings is 1. The molecule has 4 nitrogen and oxygen atoms in total. The molecule has 0 aliphatic heterocycles. The van der Waals surface area contributed by atoms with Crippen LogP contribution in [-0.2, 0) is 10.0 Å². The summed E-state index contributed by atoms with van der Waals surface area (Å²) in [5.41, 5.74) is 5.56. The van der Waals surface area contributed by atoms with Crippen LogP contribution in [0, 0.1) is 0 Å². The fourth-order valence-electron chi connectivity index (χ4n) is 1.26. The third-order valence-corrected chi connectivity index (χ3v) is 4.48. The van der Waals surface area contributed by atoms with Crippen LogP contribution in [0.5, 0.6) is 0 Å². The Morgan fingerprint density at radius 1 is 1.35 bits per heavy atom. The van der Waals surface area contributed by atoms with Gasteiger partial charge in [0.2, 0.25) is 10.0 Å². The van der Waals surface area contributed by atoms with Crippen molar-refractivity contribution in [3.05, 3.63) is 24.3 Å². The number of nitrogens with one attached hydrogen (secondary N) is 1. The van der Waals surface area contributed by atoms with Crippen molar-refractivity contribution in [2.75, 3.05) is 12.8 Å². The summed E-state index contributed by atoms with van der Waals surface area (Å²) in [7, 11) is -3.40. The Morgan fingerprint density at radius 3 is 2.41 bits per heavy atom. The lowest BCUT2D eigenvalue weighted by atomic mass is 10.3. The topological polar surface area (TPSA) is 72.2 Å². The van der Waals surface area contributed by atoms with Crippen molar-refractivity contribution >= 4 is 21.8 Å². The van der Waals surface area contributed by atoms with Gasteiger partial charge in [0, 0.05) is 17.5 Å². The van der Waals surface area contributed by atoms with Crippen LogP contribution in [0.15, 0.2) is 34.1 Å². The number of rotatable bonds is 6. The first-order valence-corrected chi connectivity index (χ1v) is 8.06. The fourth-order valence-corrected chi connectivity index (χ4v) is 2.72. The molecule has 0 saturated heterocycles. The van der Waals surface area contributed by atoms with E-state index in [1.807, 2.05) is 13.2 Å². The summed E-state index contributed by atoms with van der Waals surface area (Å²) >= 11 is 1.58. The molecule has 0 radical (unpaired) electrons. The Hall–Kier alpha value is -0.560. The molecule has 0 bridgehead atoms. The second kappa shape index (κ2) is 6.39. The normalized spacial score (nSPS) is 13.6. The molecular weight excluding hydrogens is 256 g/mol. The summed E-state index contributed by atoms with van der Waals surface area (Å²) in [5, 5.41) is 0. The quantitative estimate of drug-likeness (QED) is 0.770. The summed E-state index contributed by atoms with van der Waals surface area (Å²) in [6.45, 7) is 2.21. The SMILES string of the molecule is CSc1ccc(S(=O)(=O)NCC[C@@H](C)N)cc1. The molecule has 0 aromatic heterocycles. The largest absolute Gasteiger partial charge is 0.328 e. The van der Waals surface area contributed by atoms with E-state index in [9.17, 15) is 8.42 Å². The first-order chi connectivity index (χ1) is 7.95. The maximum Gasteiger partial charge on any atom is 0.240 e. The van der Waals surface area contributed by atoms with E-state index in [1.54, 1.807) is 36.0 Å². The lowest BCUT2D eigenvalue weighted by molar-refractivity contribution is 0.571. The van der Waals surface area contributed by atoms with E-state index in [4.69, 9.17) is 5.73 Å². The highest BCUT2D eigenvalue weighted by atomic mass is 32.2. The summed E-state index contributed by atoms with van der Waals surface area (Å²) in [4.78, 5) is 1.33. The molecule has 17 heavy (non-hydrogen) atoms. The minimum absolute atomic E-state index is 0.00318. The molecule has 1 aromatic rings. The van der Waals surface area contributed by atoms with Gasteiger partial charge in [-0.1, -0.05) is 0 Å². The van der Waals surface area contributed by atoms with Gasteiger partial charge in [0.05, 0.1) is 4.90 Å². The Morgan fingerprint density at radius 2 is 1.94 bits per heavy atom. The first kappa shape index (κ1) is 14.5. The smallest absolute Gasteiger partial charge is 0.240 e. The molecule has 0 saturated carbocycles. The van der Waals surface area contributed by atoms with E-state index in [0.717, 1.165) is 4.90 Å². The van der Waals surface area contributed by atoms with Gasteiger partial charge in [0.15, 0.2) is 0 Å². The molecule has 0 fully saturated rings. The predicted molar refractivity (Wildman–Crippen MR) is 71.7 cm³/mol. The van der Waals surface area contributed by atoms with Crippen molar-refractivity contribution in [2.45, 2.75) is 29.2 Å².